The van der Waals surface area contributed by atoms with E-state index in [1.54, 1.807) is 0 Å². The number of hydrogen-bond donors (Lipinski definition) is 2. The first kappa shape index (κ1) is 10.2. The van der Waals surface area contributed by atoms with Gasteiger partial charge >= 0.3 is 0 Å². The molecule has 0 amide bonds. The van der Waals surface area contributed by atoms with E-state index in [0.717, 1.165) is 17.3 Å². The molecule has 0 radical (unpaired) electrons. The fourth-order valence-corrected chi connectivity index (χ4v) is 1.21. The van der Waals surface area contributed by atoms with Crippen LogP contribution >= 0.6 is 0 Å². The third-order valence-corrected chi connectivity index (χ3v) is 2.03. The zero-order valence-electron chi connectivity index (χ0n) is 7.95. The SMILES string of the molecule is Cc1ccccc1/C(N)=C(\C=N)C=O. The molecule has 0 fully saturated rings. The number of hydrogen-bond acceptors (Lipinski definition) is 3. The zero-order chi connectivity index (χ0) is 10.6. The highest BCUT2D eigenvalue weighted by atomic mass is 16.1. The summed E-state index contributed by atoms with van der Waals surface area (Å²) >= 11 is 0. The van der Waals surface area contributed by atoms with Gasteiger partial charge in [0.15, 0.2) is 6.29 Å². The van der Waals surface area contributed by atoms with Gasteiger partial charge in [-0.1, -0.05) is 24.3 Å². The molecule has 14 heavy (non-hydrogen) atoms. The van der Waals surface area contributed by atoms with Crippen LogP contribution in [0, 0.1) is 12.3 Å². The number of carbonyl (C=O) groups excluding carboxylic acids is 1. The lowest BCUT2D eigenvalue weighted by Crippen LogP contribution is -2.05. The van der Waals surface area contributed by atoms with Crippen LogP contribution in [-0.4, -0.2) is 12.5 Å². The van der Waals surface area contributed by atoms with Crippen LogP contribution in [0.4, 0.5) is 0 Å². The van der Waals surface area contributed by atoms with Gasteiger partial charge in [-0.2, -0.15) is 0 Å². The minimum absolute atomic E-state index is 0.208. The van der Waals surface area contributed by atoms with Crippen molar-refractivity contribution in [2.45, 2.75) is 6.92 Å². The van der Waals surface area contributed by atoms with E-state index in [2.05, 4.69) is 0 Å². The van der Waals surface area contributed by atoms with E-state index in [-0.39, 0.29) is 5.57 Å². The number of rotatable bonds is 3. The Bertz CT molecular complexity index is 384. The second-order valence-electron chi connectivity index (χ2n) is 2.95. The Labute approximate surface area is 82.8 Å². The summed E-state index contributed by atoms with van der Waals surface area (Å²) in [5, 5.41) is 7.02. The molecule has 1 rings (SSSR count). The summed E-state index contributed by atoms with van der Waals surface area (Å²) in [5.41, 5.74) is 8.12. The molecule has 72 valence electrons. The van der Waals surface area contributed by atoms with Gasteiger partial charge in [0, 0.05) is 11.8 Å². The summed E-state index contributed by atoms with van der Waals surface area (Å²) in [6.45, 7) is 1.91. The second kappa shape index (κ2) is 4.37. The van der Waals surface area contributed by atoms with E-state index in [1.165, 1.54) is 0 Å². The fourth-order valence-electron chi connectivity index (χ4n) is 1.21. The highest BCUT2D eigenvalue weighted by Crippen LogP contribution is 2.15. The summed E-state index contributed by atoms with van der Waals surface area (Å²) in [6, 6.07) is 7.49. The molecule has 0 aliphatic rings. The Morgan fingerprint density at radius 1 is 1.43 bits per heavy atom. The van der Waals surface area contributed by atoms with Crippen LogP contribution in [0.2, 0.25) is 0 Å². The van der Waals surface area contributed by atoms with Crippen LogP contribution in [-0.2, 0) is 4.79 Å². The molecule has 0 saturated heterocycles. The largest absolute Gasteiger partial charge is 0.398 e. The fraction of sp³-hybridized carbons (Fsp3) is 0.0909. The molecule has 0 unspecified atom stereocenters. The van der Waals surface area contributed by atoms with E-state index < -0.39 is 0 Å². The van der Waals surface area contributed by atoms with Crippen molar-refractivity contribution in [3.05, 3.63) is 41.0 Å². The summed E-state index contributed by atoms with van der Waals surface area (Å²) < 4.78 is 0. The molecule has 1 aromatic carbocycles. The number of nitrogens with one attached hydrogen (secondary N) is 1. The minimum atomic E-state index is 0.208. The Hall–Kier alpha value is -1.90. The van der Waals surface area contributed by atoms with Gasteiger partial charge in [0.25, 0.3) is 0 Å². The maximum Gasteiger partial charge on any atom is 0.153 e. The maximum absolute atomic E-state index is 10.6. The van der Waals surface area contributed by atoms with Crippen molar-refractivity contribution < 1.29 is 4.79 Å². The molecular weight excluding hydrogens is 176 g/mol. The van der Waals surface area contributed by atoms with E-state index >= 15 is 0 Å². The third kappa shape index (κ3) is 1.88. The van der Waals surface area contributed by atoms with Crippen LogP contribution in [0.3, 0.4) is 0 Å². The highest BCUT2D eigenvalue weighted by Gasteiger charge is 2.04. The van der Waals surface area contributed by atoms with Gasteiger partial charge in [-0.25, -0.2) is 0 Å². The molecule has 0 bridgehead atoms. The van der Waals surface area contributed by atoms with E-state index in [1.807, 2.05) is 31.2 Å². The van der Waals surface area contributed by atoms with E-state index in [0.29, 0.717) is 12.0 Å². The minimum Gasteiger partial charge on any atom is -0.398 e. The number of nitrogens with two attached hydrogens (primary N) is 1. The summed E-state index contributed by atoms with van der Waals surface area (Å²) in [5.74, 6) is 0. The van der Waals surface area contributed by atoms with Gasteiger partial charge in [0.05, 0.1) is 11.3 Å². The molecule has 3 N–H and O–H groups in total. The average Bonchev–Trinajstić information content (AvgIpc) is 2.20. The van der Waals surface area contributed by atoms with Crippen molar-refractivity contribution in [3.63, 3.8) is 0 Å². The molecule has 0 spiro atoms. The third-order valence-electron chi connectivity index (χ3n) is 2.03. The number of carbonyl (C=O) groups is 1. The predicted octanol–water partition coefficient (Wildman–Crippen LogP) is 1.51. The number of aryl methyl sites for hydroxylation is 1. The quantitative estimate of drug-likeness (QED) is 0.429. The first-order valence-corrected chi connectivity index (χ1v) is 4.22. The van der Waals surface area contributed by atoms with Crippen molar-refractivity contribution >= 4 is 18.2 Å². The van der Waals surface area contributed by atoms with Crippen molar-refractivity contribution in [2.75, 3.05) is 0 Å². The molecule has 0 aliphatic carbocycles. The standard InChI is InChI=1S/C11H12N2O/c1-8-4-2-3-5-10(8)11(13)9(6-12)7-14/h2-7,12H,13H2,1H3/b11-9-,12-6?. The molecule has 0 saturated carbocycles. The molecule has 0 heterocycles. The average molecular weight is 188 g/mol. The Morgan fingerprint density at radius 3 is 2.57 bits per heavy atom. The first-order chi connectivity index (χ1) is 6.70. The molecular formula is C11H12N2O. The van der Waals surface area contributed by atoms with Crippen LogP contribution in [0.5, 0.6) is 0 Å². The van der Waals surface area contributed by atoms with Crippen molar-refractivity contribution in [1.29, 1.82) is 5.41 Å². The summed E-state index contributed by atoms with van der Waals surface area (Å²) in [7, 11) is 0. The van der Waals surface area contributed by atoms with Gasteiger partial charge in [0.1, 0.15) is 0 Å². The first-order valence-electron chi connectivity index (χ1n) is 4.22. The van der Waals surface area contributed by atoms with Crippen LogP contribution < -0.4 is 5.73 Å². The lowest BCUT2D eigenvalue weighted by atomic mass is 10.0. The second-order valence-corrected chi connectivity index (χ2v) is 2.95. The summed E-state index contributed by atoms with van der Waals surface area (Å²) in [6.07, 6.45) is 1.56. The van der Waals surface area contributed by atoms with Crippen molar-refractivity contribution in [3.8, 4) is 0 Å². The van der Waals surface area contributed by atoms with Gasteiger partial charge in [-0.3, -0.25) is 4.79 Å². The molecule has 0 aromatic heterocycles. The predicted molar refractivity (Wildman–Crippen MR) is 57.1 cm³/mol. The van der Waals surface area contributed by atoms with Gasteiger partial charge in [0.2, 0.25) is 0 Å². The Balaban J connectivity index is 3.30. The van der Waals surface area contributed by atoms with E-state index in [4.69, 9.17) is 11.1 Å². The van der Waals surface area contributed by atoms with Crippen molar-refractivity contribution in [1.82, 2.24) is 0 Å². The smallest absolute Gasteiger partial charge is 0.153 e. The molecule has 3 nitrogen and oxygen atoms in total. The number of allylic oxidation sites excluding steroid dienone is 1. The lowest BCUT2D eigenvalue weighted by molar-refractivity contribution is -0.104. The Kier molecular flexibility index (Phi) is 3.18. The topological polar surface area (TPSA) is 66.9 Å². The number of benzene rings is 1. The molecule has 1 aromatic rings. The van der Waals surface area contributed by atoms with Crippen LogP contribution in [0.1, 0.15) is 11.1 Å². The molecule has 0 aliphatic heterocycles. The van der Waals surface area contributed by atoms with Gasteiger partial charge < -0.3 is 11.1 Å². The monoisotopic (exact) mass is 188 g/mol. The van der Waals surface area contributed by atoms with Gasteiger partial charge in [-0.15, -0.1) is 0 Å². The molecule has 0 atom stereocenters. The van der Waals surface area contributed by atoms with Crippen molar-refractivity contribution in [2.24, 2.45) is 5.73 Å². The highest BCUT2D eigenvalue weighted by molar-refractivity contribution is 6.08. The van der Waals surface area contributed by atoms with Gasteiger partial charge in [-0.05, 0) is 12.5 Å². The number of aldehydes is 1. The Morgan fingerprint density at radius 2 is 2.07 bits per heavy atom. The normalized spacial score (nSPS) is 11.8. The molecule has 3 heteroatoms. The maximum atomic E-state index is 10.6. The zero-order valence-corrected chi connectivity index (χ0v) is 7.95. The van der Waals surface area contributed by atoms with Crippen LogP contribution in [0.15, 0.2) is 29.8 Å². The summed E-state index contributed by atoms with van der Waals surface area (Å²) in [4.78, 5) is 10.6. The van der Waals surface area contributed by atoms with E-state index in [9.17, 15) is 4.79 Å². The lowest BCUT2D eigenvalue weighted by Gasteiger charge is -2.06. The van der Waals surface area contributed by atoms with Crippen LogP contribution in [0.25, 0.3) is 5.70 Å².